The van der Waals surface area contributed by atoms with Gasteiger partial charge in [0.05, 0.1) is 26.2 Å². The van der Waals surface area contributed by atoms with Gasteiger partial charge in [0, 0.05) is 19.7 Å². The predicted molar refractivity (Wildman–Crippen MR) is 83.2 cm³/mol. The molecule has 0 aliphatic carbocycles. The molecule has 8 nitrogen and oxygen atoms in total. The molecule has 0 aromatic carbocycles. The molecule has 0 spiro atoms. The van der Waals surface area contributed by atoms with E-state index in [1.165, 1.54) is 13.5 Å². The first-order valence-electron chi connectivity index (χ1n) is 8.15. The highest BCUT2D eigenvalue weighted by Crippen LogP contribution is 2.18. The molecule has 1 amide bonds. The van der Waals surface area contributed by atoms with E-state index < -0.39 is 0 Å². The van der Waals surface area contributed by atoms with Gasteiger partial charge in [-0.2, -0.15) is 15.0 Å². The van der Waals surface area contributed by atoms with E-state index in [0.717, 1.165) is 32.4 Å². The molecule has 3 rings (SSSR count). The van der Waals surface area contributed by atoms with E-state index in [9.17, 15) is 4.79 Å². The summed E-state index contributed by atoms with van der Waals surface area (Å²) in [7, 11) is 1.54. The van der Waals surface area contributed by atoms with E-state index in [-0.39, 0.29) is 24.4 Å². The van der Waals surface area contributed by atoms with E-state index in [1.54, 1.807) is 0 Å². The molecule has 2 aliphatic heterocycles. The van der Waals surface area contributed by atoms with Crippen molar-refractivity contribution in [1.29, 1.82) is 0 Å². The van der Waals surface area contributed by atoms with Gasteiger partial charge in [-0.3, -0.25) is 4.79 Å². The first-order valence-corrected chi connectivity index (χ1v) is 8.15. The Balaban J connectivity index is 1.66. The standard InChI is InChI=1S/C15H23N5O3/c1-22-15-18-12(9-16-13(21)11-5-8-23-10-11)17-14(19-15)20-6-3-2-4-7-20/h11H,2-10H2,1H3,(H,16,21). The normalized spacial score (nSPS) is 21.3. The molecule has 1 aromatic rings. The molecule has 0 bridgehead atoms. The maximum atomic E-state index is 12.1. The highest BCUT2D eigenvalue weighted by Gasteiger charge is 2.23. The quantitative estimate of drug-likeness (QED) is 0.845. The third kappa shape index (κ3) is 4.07. The Morgan fingerprint density at radius 3 is 2.83 bits per heavy atom. The lowest BCUT2D eigenvalue weighted by molar-refractivity contribution is -0.125. The zero-order valence-corrected chi connectivity index (χ0v) is 13.5. The average molecular weight is 321 g/mol. The van der Waals surface area contributed by atoms with Crippen LogP contribution in [-0.4, -0.2) is 54.3 Å². The molecule has 2 aliphatic rings. The van der Waals surface area contributed by atoms with Crippen molar-refractivity contribution in [2.45, 2.75) is 32.2 Å². The Kier molecular flexibility index (Phi) is 5.22. The maximum absolute atomic E-state index is 12.1. The summed E-state index contributed by atoms with van der Waals surface area (Å²) in [6, 6.07) is 0.286. The van der Waals surface area contributed by atoms with E-state index in [0.29, 0.717) is 25.0 Å². The van der Waals surface area contributed by atoms with Gasteiger partial charge < -0.3 is 19.7 Å². The minimum Gasteiger partial charge on any atom is -0.467 e. The summed E-state index contributed by atoms with van der Waals surface area (Å²) in [5.74, 6) is 1.07. The van der Waals surface area contributed by atoms with Crippen LogP contribution in [0.4, 0.5) is 5.95 Å². The number of carbonyl (C=O) groups is 1. The van der Waals surface area contributed by atoms with Crippen LogP contribution in [0.2, 0.25) is 0 Å². The summed E-state index contributed by atoms with van der Waals surface area (Å²) in [4.78, 5) is 27.2. The van der Waals surface area contributed by atoms with Crippen LogP contribution in [0, 0.1) is 5.92 Å². The van der Waals surface area contributed by atoms with Crippen molar-refractivity contribution in [1.82, 2.24) is 20.3 Å². The maximum Gasteiger partial charge on any atom is 0.321 e. The minimum absolute atomic E-state index is 0.0126. The van der Waals surface area contributed by atoms with E-state index >= 15 is 0 Å². The molecule has 2 saturated heterocycles. The van der Waals surface area contributed by atoms with Crippen LogP contribution < -0.4 is 15.0 Å². The smallest absolute Gasteiger partial charge is 0.321 e. The van der Waals surface area contributed by atoms with E-state index in [4.69, 9.17) is 9.47 Å². The molecule has 1 atom stereocenters. The van der Waals surface area contributed by atoms with Crippen LogP contribution >= 0.6 is 0 Å². The molecular weight excluding hydrogens is 298 g/mol. The van der Waals surface area contributed by atoms with Crippen molar-refractivity contribution in [3.05, 3.63) is 5.82 Å². The zero-order chi connectivity index (χ0) is 16.1. The fourth-order valence-corrected chi connectivity index (χ4v) is 2.84. The number of rotatable bonds is 5. The highest BCUT2D eigenvalue weighted by molar-refractivity contribution is 5.78. The summed E-state index contributed by atoms with van der Waals surface area (Å²) < 4.78 is 10.4. The second-order valence-corrected chi connectivity index (χ2v) is 5.86. The Hall–Kier alpha value is -1.96. The van der Waals surface area contributed by atoms with E-state index in [2.05, 4.69) is 25.2 Å². The second-order valence-electron chi connectivity index (χ2n) is 5.86. The van der Waals surface area contributed by atoms with Crippen LogP contribution in [0.5, 0.6) is 6.01 Å². The molecule has 1 N–H and O–H groups in total. The number of nitrogens with one attached hydrogen (secondary N) is 1. The molecule has 0 saturated carbocycles. The second kappa shape index (κ2) is 7.54. The van der Waals surface area contributed by atoms with Gasteiger partial charge in [0.25, 0.3) is 0 Å². The minimum atomic E-state index is -0.0692. The molecule has 8 heteroatoms. The molecule has 0 radical (unpaired) electrons. The number of hydrogen-bond donors (Lipinski definition) is 1. The average Bonchev–Trinajstić information content (AvgIpc) is 3.15. The number of methoxy groups -OCH3 is 1. The Morgan fingerprint density at radius 2 is 2.13 bits per heavy atom. The summed E-state index contributed by atoms with van der Waals surface area (Å²) >= 11 is 0. The van der Waals surface area contributed by atoms with Crippen molar-refractivity contribution in [2.75, 3.05) is 38.3 Å². The summed E-state index contributed by atoms with van der Waals surface area (Å²) in [5, 5.41) is 2.88. The van der Waals surface area contributed by atoms with Crippen LogP contribution in [0.15, 0.2) is 0 Å². The number of carbonyl (C=O) groups excluding carboxylic acids is 1. The monoisotopic (exact) mass is 321 g/mol. The van der Waals surface area contributed by atoms with Gasteiger partial charge in [-0.1, -0.05) is 0 Å². The third-order valence-corrected chi connectivity index (χ3v) is 4.19. The zero-order valence-electron chi connectivity index (χ0n) is 13.5. The number of piperidine rings is 1. The Labute approximate surface area is 135 Å². The fourth-order valence-electron chi connectivity index (χ4n) is 2.84. The van der Waals surface area contributed by atoms with Crippen LogP contribution in [-0.2, 0) is 16.1 Å². The topological polar surface area (TPSA) is 89.5 Å². The largest absolute Gasteiger partial charge is 0.467 e. The van der Waals surface area contributed by atoms with Crippen molar-refractivity contribution in [3.63, 3.8) is 0 Å². The Morgan fingerprint density at radius 1 is 1.30 bits per heavy atom. The molecule has 3 heterocycles. The van der Waals surface area contributed by atoms with Crippen LogP contribution in [0.3, 0.4) is 0 Å². The number of anilines is 1. The first-order chi connectivity index (χ1) is 11.3. The molecule has 23 heavy (non-hydrogen) atoms. The van der Waals surface area contributed by atoms with E-state index in [1.807, 2.05) is 0 Å². The number of hydrogen-bond acceptors (Lipinski definition) is 7. The fraction of sp³-hybridized carbons (Fsp3) is 0.733. The number of nitrogens with zero attached hydrogens (tertiary/aromatic N) is 4. The lowest BCUT2D eigenvalue weighted by Gasteiger charge is -2.26. The summed E-state index contributed by atoms with van der Waals surface area (Å²) in [5.41, 5.74) is 0. The van der Waals surface area contributed by atoms with Crippen LogP contribution in [0.25, 0.3) is 0 Å². The first kappa shape index (κ1) is 15.9. The predicted octanol–water partition coefficient (Wildman–Crippen LogP) is 0.523. The molecule has 2 fully saturated rings. The van der Waals surface area contributed by atoms with Crippen molar-refractivity contribution >= 4 is 11.9 Å². The lowest BCUT2D eigenvalue weighted by Crippen LogP contribution is -2.33. The lowest BCUT2D eigenvalue weighted by atomic mass is 10.1. The number of amides is 1. The summed E-state index contributed by atoms with van der Waals surface area (Å²) in [6.45, 7) is 3.30. The Bertz CT molecular complexity index is 542. The number of aromatic nitrogens is 3. The third-order valence-electron chi connectivity index (χ3n) is 4.19. The molecule has 126 valence electrons. The van der Waals surface area contributed by atoms with Gasteiger partial charge in [-0.15, -0.1) is 0 Å². The molecular formula is C15H23N5O3. The van der Waals surface area contributed by atoms with Crippen molar-refractivity contribution in [3.8, 4) is 6.01 Å². The summed E-state index contributed by atoms with van der Waals surface area (Å²) in [6.07, 6.45) is 4.29. The molecule has 1 unspecified atom stereocenters. The van der Waals surface area contributed by atoms with Gasteiger partial charge in [-0.05, 0) is 25.7 Å². The SMILES string of the molecule is COc1nc(CNC(=O)C2CCOC2)nc(N2CCCCC2)n1. The van der Waals surface area contributed by atoms with Crippen molar-refractivity contribution in [2.24, 2.45) is 5.92 Å². The van der Waals surface area contributed by atoms with Gasteiger partial charge >= 0.3 is 6.01 Å². The van der Waals surface area contributed by atoms with Gasteiger partial charge in [0.1, 0.15) is 0 Å². The van der Waals surface area contributed by atoms with Gasteiger partial charge in [-0.25, -0.2) is 0 Å². The number of ether oxygens (including phenoxy) is 2. The van der Waals surface area contributed by atoms with Gasteiger partial charge in [0.2, 0.25) is 11.9 Å². The van der Waals surface area contributed by atoms with Crippen molar-refractivity contribution < 1.29 is 14.3 Å². The van der Waals surface area contributed by atoms with Gasteiger partial charge in [0.15, 0.2) is 5.82 Å². The van der Waals surface area contributed by atoms with Crippen LogP contribution in [0.1, 0.15) is 31.5 Å². The molecule has 1 aromatic heterocycles. The highest BCUT2D eigenvalue weighted by atomic mass is 16.5.